The van der Waals surface area contributed by atoms with Gasteiger partial charge in [0.25, 0.3) is 0 Å². The zero-order valence-corrected chi connectivity index (χ0v) is 12.2. The third-order valence-corrected chi connectivity index (χ3v) is 3.11. The minimum absolute atomic E-state index is 0.113. The highest BCUT2D eigenvalue weighted by atomic mass is 35.5. The molecule has 0 amide bonds. The number of anilines is 1. The minimum atomic E-state index is 0.113. The molecular weight excluding hydrogens is 232 g/mol. The Labute approximate surface area is 110 Å². The number of halogens is 1. The van der Waals surface area contributed by atoms with Crippen molar-refractivity contribution in [3.8, 4) is 0 Å². The molecule has 96 valence electrons. The fourth-order valence-electron chi connectivity index (χ4n) is 1.46. The number of hydrogen-bond donors (Lipinski definition) is 1. The van der Waals surface area contributed by atoms with Crippen molar-refractivity contribution in [1.82, 2.24) is 5.32 Å². The lowest BCUT2D eigenvalue weighted by Gasteiger charge is -2.22. The van der Waals surface area contributed by atoms with Crippen LogP contribution in [0.5, 0.6) is 0 Å². The molecule has 1 aromatic carbocycles. The topological polar surface area (TPSA) is 15.3 Å². The summed E-state index contributed by atoms with van der Waals surface area (Å²) in [6, 6.07) is 6.25. The summed E-state index contributed by atoms with van der Waals surface area (Å²) in [6.07, 6.45) is 0. The zero-order valence-electron chi connectivity index (χ0n) is 11.5. The number of rotatable bonds is 4. The SMILES string of the molecule is CCN(C)c1ccc(CNC(C)(C)C)c(Cl)c1. The molecular formula is C14H23ClN2. The molecule has 0 aliphatic carbocycles. The maximum atomic E-state index is 6.29. The van der Waals surface area contributed by atoms with E-state index >= 15 is 0 Å². The van der Waals surface area contributed by atoms with Crippen molar-refractivity contribution in [3.63, 3.8) is 0 Å². The van der Waals surface area contributed by atoms with Gasteiger partial charge in [0.1, 0.15) is 0 Å². The summed E-state index contributed by atoms with van der Waals surface area (Å²) in [5.41, 5.74) is 2.43. The highest BCUT2D eigenvalue weighted by Gasteiger charge is 2.10. The Morgan fingerprint density at radius 3 is 2.41 bits per heavy atom. The van der Waals surface area contributed by atoms with E-state index in [0.717, 1.165) is 29.4 Å². The highest BCUT2D eigenvalue weighted by Crippen LogP contribution is 2.23. The van der Waals surface area contributed by atoms with Gasteiger partial charge in [0.05, 0.1) is 0 Å². The molecule has 0 unspecified atom stereocenters. The number of nitrogens with one attached hydrogen (secondary N) is 1. The lowest BCUT2D eigenvalue weighted by atomic mass is 10.1. The molecule has 0 aliphatic heterocycles. The van der Waals surface area contributed by atoms with Gasteiger partial charge in [0, 0.05) is 36.4 Å². The van der Waals surface area contributed by atoms with Crippen LogP contribution >= 0.6 is 11.6 Å². The summed E-state index contributed by atoms with van der Waals surface area (Å²) in [5.74, 6) is 0. The Balaban J connectivity index is 2.76. The highest BCUT2D eigenvalue weighted by molar-refractivity contribution is 6.31. The summed E-state index contributed by atoms with van der Waals surface area (Å²) in [6.45, 7) is 10.4. The van der Waals surface area contributed by atoms with Crippen LogP contribution in [0.2, 0.25) is 5.02 Å². The quantitative estimate of drug-likeness (QED) is 0.882. The molecule has 2 nitrogen and oxygen atoms in total. The van der Waals surface area contributed by atoms with Crippen LogP contribution in [0.25, 0.3) is 0 Å². The first-order valence-electron chi connectivity index (χ1n) is 6.08. The van der Waals surface area contributed by atoms with Crippen LogP contribution in [0, 0.1) is 0 Å². The van der Waals surface area contributed by atoms with E-state index in [9.17, 15) is 0 Å². The van der Waals surface area contributed by atoms with Crippen molar-refractivity contribution in [2.75, 3.05) is 18.5 Å². The van der Waals surface area contributed by atoms with Crippen molar-refractivity contribution in [2.45, 2.75) is 39.8 Å². The van der Waals surface area contributed by atoms with E-state index in [1.807, 2.05) is 6.07 Å². The average molecular weight is 255 g/mol. The van der Waals surface area contributed by atoms with Gasteiger partial charge in [-0.1, -0.05) is 17.7 Å². The summed E-state index contributed by atoms with van der Waals surface area (Å²) in [5, 5.41) is 4.28. The molecule has 0 saturated carbocycles. The zero-order chi connectivity index (χ0) is 13.1. The molecule has 0 radical (unpaired) electrons. The fraction of sp³-hybridized carbons (Fsp3) is 0.571. The molecule has 0 spiro atoms. The lowest BCUT2D eigenvalue weighted by molar-refractivity contribution is 0.424. The van der Waals surface area contributed by atoms with Crippen LogP contribution in [0.3, 0.4) is 0 Å². The van der Waals surface area contributed by atoms with Crippen molar-refractivity contribution in [2.24, 2.45) is 0 Å². The second-order valence-corrected chi connectivity index (χ2v) is 5.80. The van der Waals surface area contributed by atoms with Crippen molar-refractivity contribution in [3.05, 3.63) is 28.8 Å². The Hall–Kier alpha value is -0.730. The van der Waals surface area contributed by atoms with Crippen LogP contribution in [0.4, 0.5) is 5.69 Å². The van der Waals surface area contributed by atoms with Crippen molar-refractivity contribution >= 4 is 17.3 Å². The lowest BCUT2D eigenvalue weighted by Crippen LogP contribution is -2.35. The summed E-state index contributed by atoms with van der Waals surface area (Å²) in [4.78, 5) is 2.17. The van der Waals surface area contributed by atoms with Gasteiger partial charge in [0.15, 0.2) is 0 Å². The van der Waals surface area contributed by atoms with Crippen LogP contribution in [-0.4, -0.2) is 19.1 Å². The molecule has 1 aromatic rings. The largest absolute Gasteiger partial charge is 0.375 e. The van der Waals surface area contributed by atoms with Gasteiger partial charge in [-0.15, -0.1) is 0 Å². The third kappa shape index (κ3) is 4.57. The second kappa shape index (κ2) is 5.74. The molecule has 0 atom stereocenters. The monoisotopic (exact) mass is 254 g/mol. The maximum absolute atomic E-state index is 6.29. The van der Waals surface area contributed by atoms with E-state index in [2.05, 4.69) is 57.1 Å². The minimum Gasteiger partial charge on any atom is -0.375 e. The van der Waals surface area contributed by atoms with Crippen LogP contribution in [-0.2, 0) is 6.54 Å². The van der Waals surface area contributed by atoms with E-state index < -0.39 is 0 Å². The van der Waals surface area contributed by atoms with Gasteiger partial charge in [-0.3, -0.25) is 0 Å². The van der Waals surface area contributed by atoms with Gasteiger partial charge in [-0.25, -0.2) is 0 Å². The Morgan fingerprint density at radius 2 is 1.94 bits per heavy atom. The molecule has 1 rings (SSSR count). The molecule has 0 heterocycles. The molecule has 0 saturated heterocycles. The summed E-state index contributed by atoms with van der Waals surface area (Å²) < 4.78 is 0. The number of nitrogens with zero attached hydrogens (tertiary/aromatic N) is 1. The number of hydrogen-bond acceptors (Lipinski definition) is 2. The van der Waals surface area contributed by atoms with Gasteiger partial charge >= 0.3 is 0 Å². The van der Waals surface area contributed by atoms with E-state index in [1.54, 1.807) is 0 Å². The second-order valence-electron chi connectivity index (χ2n) is 5.39. The van der Waals surface area contributed by atoms with Crippen LogP contribution in [0.15, 0.2) is 18.2 Å². The standard InChI is InChI=1S/C14H23ClN2/c1-6-17(5)12-8-7-11(13(15)9-12)10-16-14(2,3)4/h7-9,16H,6,10H2,1-5H3. The first-order valence-corrected chi connectivity index (χ1v) is 6.46. The van der Waals surface area contributed by atoms with E-state index in [-0.39, 0.29) is 5.54 Å². The smallest absolute Gasteiger partial charge is 0.0471 e. The Morgan fingerprint density at radius 1 is 1.29 bits per heavy atom. The van der Waals surface area contributed by atoms with Gasteiger partial charge in [-0.2, -0.15) is 0 Å². The van der Waals surface area contributed by atoms with Gasteiger partial charge < -0.3 is 10.2 Å². The predicted molar refractivity (Wildman–Crippen MR) is 77.0 cm³/mol. The molecule has 0 bridgehead atoms. The fourth-order valence-corrected chi connectivity index (χ4v) is 1.70. The molecule has 17 heavy (non-hydrogen) atoms. The van der Waals surface area contributed by atoms with Crippen LogP contribution in [0.1, 0.15) is 33.3 Å². The normalized spacial score (nSPS) is 11.6. The van der Waals surface area contributed by atoms with E-state index in [1.165, 1.54) is 0 Å². The third-order valence-electron chi connectivity index (χ3n) is 2.76. The Kier molecular flexibility index (Phi) is 4.84. The molecule has 0 fully saturated rings. The van der Waals surface area contributed by atoms with Gasteiger partial charge in [0.2, 0.25) is 0 Å². The molecule has 1 N–H and O–H groups in total. The van der Waals surface area contributed by atoms with Crippen molar-refractivity contribution < 1.29 is 0 Å². The van der Waals surface area contributed by atoms with Crippen molar-refractivity contribution in [1.29, 1.82) is 0 Å². The first-order chi connectivity index (χ1) is 7.83. The first kappa shape index (κ1) is 14.3. The Bertz CT molecular complexity index is 369. The van der Waals surface area contributed by atoms with E-state index in [4.69, 9.17) is 11.6 Å². The predicted octanol–water partition coefficient (Wildman–Crippen LogP) is 3.68. The van der Waals surface area contributed by atoms with E-state index in [0.29, 0.717) is 0 Å². The molecule has 0 aromatic heterocycles. The average Bonchev–Trinajstić information content (AvgIpc) is 2.25. The van der Waals surface area contributed by atoms with Crippen LogP contribution < -0.4 is 10.2 Å². The maximum Gasteiger partial charge on any atom is 0.0471 e. The summed E-state index contributed by atoms with van der Waals surface area (Å²) in [7, 11) is 2.07. The molecule has 0 aliphatic rings. The van der Waals surface area contributed by atoms with Gasteiger partial charge in [-0.05, 0) is 45.4 Å². The summed E-state index contributed by atoms with van der Waals surface area (Å²) >= 11 is 6.29. The molecule has 3 heteroatoms. The number of benzene rings is 1.